The van der Waals surface area contributed by atoms with Crippen molar-refractivity contribution in [2.75, 3.05) is 0 Å². The van der Waals surface area contributed by atoms with E-state index in [2.05, 4.69) is 4.72 Å². The summed E-state index contributed by atoms with van der Waals surface area (Å²) < 4.78 is 27.2. The molecular weight excluding hydrogens is 232 g/mol. The maximum atomic E-state index is 11.8. The molecule has 0 aromatic carbocycles. The van der Waals surface area contributed by atoms with Crippen molar-refractivity contribution in [3.63, 3.8) is 0 Å². The number of aliphatic carboxylic acids is 1. The van der Waals surface area contributed by atoms with Crippen LogP contribution in [0.5, 0.6) is 0 Å². The molecule has 16 heavy (non-hydrogen) atoms. The number of nitrogens with zero attached hydrogens (tertiary/aromatic N) is 1. The minimum Gasteiger partial charge on any atom is -0.480 e. The number of hydrogen-bond acceptors (Lipinski definition) is 3. The Kier molecular flexibility index (Phi) is 3.11. The predicted octanol–water partition coefficient (Wildman–Crippen LogP) is 0.167. The van der Waals surface area contributed by atoms with Crippen LogP contribution in [0.3, 0.4) is 0 Å². The first-order valence-corrected chi connectivity index (χ1v) is 6.03. The number of hydrogen-bond donors (Lipinski definition) is 2. The highest BCUT2D eigenvalue weighted by Gasteiger charge is 2.33. The van der Waals surface area contributed by atoms with Gasteiger partial charge in [0.05, 0.1) is 4.90 Å². The number of aromatic nitrogens is 1. The van der Waals surface area contributed by atoms with Gasteiger partial charge >= 0.3 is 5.97 Å². The molecule has 1 aromatic rings. The van der Waals surface area contributed by atoms with E-state index in [1.165, 1.54) is 26.1 Å². The Morgan fingerprint density at radius 3 is 2.44 bits per heavy atom. The van der Waals surface area contributed by atoms with Crippen molar-refractivity contribution in [2.45, 2.75) is 24.3 Å². The lowest BCUT2D eigenvalue weighted by molar-refractivity contribution is -0.142. The van der Waals surface area contributed by atoms with Gasteiger partial charge in [-0.15, -0.1) is 0 Å². The van der Waals surface area contributed by atoms with E-state index in [-0.39, 0.29) is 4.90 Å². The standard InChI is InChI=1S/C9H14N2O4S/c1-9(2,8(12)13)10-16(14,15)7-4-5-11(3)6-7/h4-6,10H,1-3H3,(H,12,13). The smallest absolute Gasteiger partial charge is 0.324 e. The largest absolute Gasteiger partial charge is 0.480 e. The molecule has 0 aliphatic carbocycles. The maximum Gasteiger partial charge on any atom is 0.324 e. The lowest BCUT2D eigenvalue weighted by atomic mass is 10.1. The van der Waals surface area contributed by atoms with Gasteiger partial charge in [0, 0.05) is 19.4 Å². The van der Waals surface area contributed by atoms with Crippen LogP contribution in [0, 0.1) is 0 Å². The summed E-state index contributed by atoms with van der Waals surface area (Å²) in [5, 5.41) is 8.82. The highest BCUT2D eigenvalue weighted by molar-refractivity contribution is 7.89. The van der Waals surface area contributed by atoms with Crippen molar-refractivity contribution < 1.29 is 18.3 Å². The molecule has 6 nitrogen and oxygen atoms in total. The van der Waals surface area contributed by atoms with Gasteiger partial charge in [-0.2, -0.15) is 4.72 Å². The lowest BCUT2D eigenvalue weighted by Gasteiger charge is -2.20. The second kappa shape index (κ2) is 3.91. The lowest BCUT2D eigenvalue weighted by Crippen LogP contribution is -2.49. The molecule has 0 aliphatic rings. The van der Waals surface area contributed by atoms with Crippen LogP contribution >= 0.6 is 0 Å². The van der Waals surface area contributed by atoms with Gasteiger partial charge in [-0.05, 0) is 19.9 Å². The summed E-state index contributed by atoms with van der Waals surface area (Å²) in [7, 11) is -2.11. The molecule has 2 N–H and O–H groups in total. The number of carboxylic acids is 1. The van der Waals surface area contributed by atoms with Crippen molar-refractivity contribution in [1.29, 1.82) is 0 Å². The van der Waals surface area contributed by atoms with Crippen LogP contribution in [0.1, 0.15) is 13.8 Å². The molecule has 1 aromatic heterocycles. The predicted molar refractivity (Wildman–Crippen MR) is 57.4 cm³/mol. The van der Waals surface area contributed by atoms with Gasteiger partial charge in [-0.3, -0.25) is 4.79 Å². The zero-order chi connectivity index (χ0) is 12.6. The van der Waals surface area contributed by atoms with Gasteiger partial charge in [-0.25, -0.2) is 8.42 Å². The van der Waals surface area contributed by atoms with Gasteiger partial charge in [-0.1, -0.05) is 0 Å². The Morgan fingerprint density at radius 2 is 2.06 bits per heavy atom. The molecule has 0 spiro atoms. The molecule has 0 bridgehead atoms. The molecule has 0 aliphatic heterocycles. The Bertz CT molecular complexity index is 501. The Morgan fingerprint density at radius 1 is 1.50 bits per heavy atom. The van der Waals surface area contributed by atoms with Gasteiger partial charge in [0.2, 0.25) is 10.0 Å². The molecule has 0 radical (unpaired) electrons. The number of aryl methyl sites for hydroxylation is 1. The Hall–Kier alpha value is -1.34. The molecule has 0 unspecified atom stereocenters. The summed E-state index contributed by atoms with van der Waals surface area (Å²) in [5.74, 6) is -1.23. The first-order chi connectivity index (χ1) is 7.15. The Balaban J connectivity index is 3.02. The molecule has 0 fully saturated rings. The van der Waals surface area contributed by atoms with E-state index in [4.69, 9.17) is 5.11 Å². The zero-order valence-electron chi connectivity index (χ0n) is 9.26. The van der Waals surface area contributed by atoms with Crippen molar-refractivity contribution >= 4 is 16.0 Å². The molecule has 1 heterocycles. The van der Waals surface area contributed by atoms with Crippen LogP contribution < -0.4 is 4.72 Å². The third-order valence-corrected chi connectivity index (χ3v) is 3.68. The van der Waals surface area contributed by atoms with E-state index in [0.717, 1.165) is 0 Å². The van der Waals surface area contributed by atoms with Gasteiger partial charge in [0.1, 0.15) is 5.54 Å². The minimum atomic E-state index is -3.79. The third-order valence-electron chi connectivity index (χ3n) is 2.04. The van der Waals surface area contributed by atoms with Crippen LogP contribution in [0.4, 0.5) is 0 Å². The van der Waals surface area contributed by atoms with E-state index in [0.29, 0.717) is 0 Å². The molecule has 7 heteroatoms. The molecule has 0 atom stereocenters. The number of rotatable bonds is 4. The quantitative estimate of drug-likeness (QED) is 0.792. The van der Waals surface area contributed by atoms with Crippen LogP contribution in [0.15, 0.2) is 23.4 Å². The number of carboxylic acid groups (broad SMARTS) is 1. The average Bonchev–Trinajstić information content (AvgIpc) is 2.50. The highest BCUT2D eigenvalue weighted by Crippen LogP contribution is 2.13. The van der Waals surface area contributed by atoms with Gasteiger partial charge < -0.3 is 9.67 Å². The van der Waals surface area contributed by atoms with Crippen LogP contribution in [-0.4, -0.2) is 29.6 Å². The molecule has 0 saturated heterocycles. The number of carbonyl (C=O) groups is 1. The van der Waals surface area contributed by atoms with E-state index in [1.54, 1.807) is 17.8 Å². The summed E-state index contributed by atoms with van der Waals surface area (Å²) in [6.45, 7) is 2.58. The monoisotopic (exact) mass is 246 g/mol. The van der Waals surface area contributed by atoms with Crippen LogP contribution in [-0.2, 0) is 21.9 Å². The van der Waals surface area contributed by atoms with E-state index in [9.17, 15) is 13.2 Å². The van der Waals surface area contributed by atoms with Crippen molar-refractivity contribution in [3.8, 4) is 0 Å². The average molecular weight is 246 g/mol. The van der Waals surface area contributed by atoms with E-state index < -0.39 is 21.5 Å². The van der Waals surface area contributed by atoms with Crippen molar-refractivity contribution in [1.82, 2.24) is 9.29 Å². The minimum absolute atomic E-state index is 0.0457. The second-order valence-electron chi connectivity index (χ2n) is 4.05. The number of nitrogens with one attached hydrogen (secondary N) is 1. The fourth-order valence-corrected chi connectivity index (χ4v) is 2.50. The highest BCUT2D eigenvalue weighted by atomic mass is 32.2. The topological polar surface area (TPSA) is 88.4 Å². The number of sulfonamides is 1. The summed E-state index contributed by atoms with van der Waals surface area (Å²) in [4.78, 5) is 10.8. The van der Waals surface area contributed by atoms with E-state index >= 15 is 0 Å². The third kappa shape index (κ3) is 2.61. The SMILES string of the molecule is Cn1ccc(S(=O)(=O)NC(C)(C)C(=O)O)c1. The normalized spacial score (nSPS) is 12.7. The molecule has 0 amide bonds. The van der Waals surface area contributed by atoms with Gasteiger partial charge in [0.15, 0.2) is 0 Å². The summed E-state index contributed by atoms with van der Waals surface area (Å²) >= 11 is 0. The summed E-state index contributed by atoms with van der Waals surface area (Å²) in [6, 6.07) is 1.40. The summed E-state index contributed by atoms with van der Waals surface area (Å²) in [6.07, 6.45) is 2.97. The second-order valence-corrected chi connectivity index (χ2v) is 5.73. The van der Waals surface area contributed by atoms with Gasteiger partial charge in [0.25, 0.3) is 0 Å². The maximum absolute atomic E-state index is 11.8. The van der Waals surface area contributed by atoms with E-state index in [1.807, 2.05) is 0 Å². The van der Waals surface area contributed by atoms with Crippen molar-refractivity contribution in [3.05, 3.63) is 18.5 Å². The first-order valence-electron chi connectivity index (χ1n) is 4.54. The Labute approximate surface area is 93.9 Å². The van der Waals surface area contributed by atoms with Crippen molar-refractivity contribution in [2.24, 2.45) is 7.05 Å². The molecule has 0 saturated carbocycles. The first kappa shape index (κ1) is 12.7. The summed E-state index contributed by atoms with van der Waals surface area (Å²) in [5.41, 5.74) is -1.53. The molecular formula is C9H14N2O4S. The molecule has 1 rings (SSSR count). The van der Waals surface area contributed by atoms with Crippen LogP contribution in [0.2, 0.25) is 0 Å². The van der Waals surface area contributed by atoms with Crippen LogP contribution in [0.25, 0.3) is 0 Å². The fourth-order valence-electron chi connectivity index (χ4n) is 1.08. The molecule has 90 valence electrons. The fraction of sp³-hybridized carbons (Fsp3) is 0.444. The zero-order valence-corrected chi connectivity index (χ0v) is 10.1.